The van der Waals surface area contributed by atoms with Gasteiger partial charge in [0.1, 0.15) is 5.69 Å². The summed E-state index contributed by atoms with van der Waals surface area (Å²) in [4.78, 5) is 4.53. The van der Waals surface area contributed by atoms with Gasteiger partial charge in [-0.3, -0.25) is 5.01 Å². The number of halogens is 1. The zero-order valence-electron chi connectivity index (χ0n) is 12.9. The van der Waals surface area contributed by atoms with Crippen LogP contribution in [0.4, 0.5) is 6.01 Å². The van der Waals surface area contributed by atoms with Crippen LogP contribution in [0.3, 0.4) is 0 Å². The molecule has 0 saturated carbocycles. The third kappa shape index (κ3) is 3.74. The number of oxazole rings is 1. The summed E-state index contributed by atoms with van der Waals surface area (Å²) in [6.45, 7) is 0.361. The second kappa shape index (κ2) is 8.16. The second-order valence-electron chi connectivity index (χ2n) is 5.01. The molecule has 1 aromatic heterocycles. The fraction of sp³-hybridized carbons (Fsp3) is 0.111. The Morgan fingerprint density at radius 3 is 2.17 bits per heavy atom. The van der Waals surface area contributed by atoms with Gasteiger partial charge in [0.2, 0.25) is 0 Å². The molecule has 2 aromatic carbocycles. The first-order valence-corrected chi connectivity index (χ1v) is 7.30. The zero-order valence-corrected chi connectivity index (χ0v) is 13.7. The Bertz CT molecular complexity index is 755. The lowest BCUT2D eigenvalue weighted by atomic mass is 10.1. The van der Waals surface area contributed by atoms with E-state index in [0.29, 0.717) is 24.7 Å². The van der Waals surface area contributed by atoms with E-state index in [0.717, 1.165) is 16.8 Å². The van der Waals surface area contributed by atoms with Crippen molar-refractivity contribution in [2.75, 3.05) is 11.6 Å². The molecule has 0 amide bonds. The number of nitriles is 1. The SMILES string of the molecule is Cl.N#CCCN(N)c1nc(-c2ccccc2)c(-c2ccccc2)o1. The molecule has 0 radical (unpaired) electrons. The van der Waals surface area contributed by atoms with Crippen LogP contribution < -0.4 is 10.9 Å². The zero-order chi connectivity index (χ0) is 16.1. The largest absolute Gasteiger partial charge is 0.422 e. The molecule has 0 saturated heterocycles. The van der Waals surface area contributed by atoms with Crippen LogP contribution in [-0.2, 0) is 0 Å². The minimum atomic E-state index is 0. The Labute approximate surface area is 146 Å². The van der Waals surface area contributed by atoms with E-state index in [1.807, 2.05) is 60.7 Å². The van der Waals surface area contributed by atoms with Crippen LogP contribution in [0.15, 0.2) is 65.1 Å². The predicted molar refractivity (Wildman–Crippen MR) is 96.4 cm³/mol. The van der Waals surface area contributed by atoms with Gasteiger partial charge in [-0.15, -0.1) is 12.4 Å². The Kier molecular flexibility index (Phi) is 5.96. The van der Waals surface area contributed by atoms with Crippen LogP contribution in [0.2, 0.25) is 0 Å². The fourth-order valence-electron chi connectivity index (χ4n) is 2.27. The molecule has 0 atom stereocenters. The van der Waals surface area contributed by atoms with Crippen LogP contribution in [0.1, 0.15) is 6.42 Å². The van der Waals surface area contributed by atoms with Gasteiger partial charge in [0.25, 0.3) is 0 Å². The summed E-state index contributed by atoms with van der Waals surface area (Å²) in [5.74, 6) is 6.61. The molecule has 0 unspecified atom stereocenters. The van der Waals surface area contributed by atoms with E-state index in [1.54, 1.807) is 0 Å². The maximum absolute atomic E-state index is 8.69. The van der Waals surface area contributed by atoms with Crippen molar-refractivity contribution >= 4 is 18.4 Å². The van der Waals surface area contributed by atoms with Gasteiger partial charge in [-0.2, -0.15) is 10.2 Å². The molecule has 0 aliphatic rings. The molecule has 6 heteroatoms. The van der Waals surface area contributed by atoms with Gasteiger partial charge >= 0.3 is 6.01 Å². The lowest BCUT2D eigenvalue weighted by Gasteiger charge is -2.10. The van der Waals surface area contributed by atoms with Crippen LogP contribution in [0.5, 0.6) is 0 Å². The summed E-state index contributed by atoms with van der Waals surface area (Å²) >= 11 is 0. The van der Waals surface area contributed by atoms with Crippen molar-refractivity contribution in [1.29, 1.82) is 5.26 Å². The number of hydrogen-bond acceptors (Lipinski definition) is 5. The van der Waals surface area contributed by atoms with Crippen molar-refractivity contribution in [1.82, 2.24) is 4.98 Å². The standard InChI is InChI=1S/C18H16N4O.ClH/c19-12-7-13-22(20)18-21-16(14-8-3-1-4-9-14)17(23-18)15-10-5-2-6-11-15;/h1-6,8-11H,7,13,20H2;1H. The van der Waals surface area contributed by atoms with Gasteiger partial charge in [0.05, 0.1) is 19.0 Å². The van der Waals surface area contributed by atoms with Crippen molar-refractivity contribution < 1.29 is 4.42 Å². The van der Waals surface area contributed by atoms with Crippen LogP contribution in [0, 0.1) is 11.3 Å². The molecule has 0 spiro atoms. The number of benzene rings is 2. The molecule has 0 bridgehead atoms. The quantitative estimate of drug-likeness (QED) is 0.560. The number of hydrazine groups is 1. The van der Waals surface area contributed by atoms with E-state index in [2.05, 4.69) is 11.1 Å². The highest BCUT2D eigenvalue weighted by atomic mass is 35.5. The monoisotopic (exact) mass is 340 g/mol. The first-order valence-electron chi connectivity index (χ1n) is 7.30. The predicted octanol–water partition coefficient (Wildman–Crippen LogP) is 4.02. The Morgan fingerprint density at radius 1 is 1.00 bits per heavy atom. The minimum Gasteiger partial charge on any atom is -0.422 e. The molecule has 0 aliphatic heterocycles. The van der Waals surface area contributed by atoms with Crippen molar-refractivity contribution in [3.05, 3.63) is 60.7 Å². The third-order valence-corrected chi connectivity index (χ3v) is 3.41. The average molecular weight is 341 g/mol. The van der Waals surface area contributed by atoms with Gasteiger partial charge in [0, 0.05) is 11.1 Å². The van der Waals surface area contributed by atoms with Crippen molar-refractivity contribution in [3.63, 3.8) is 0 Å². The summed E-state index contributed by atoms with van der Waals surface area (Å²) in [6, 6.07) is 22.0. The van der Waals surface area contributed by atoms with E-state index in [1.165, 1.54) is 5.01 Å². The number of nitrogens with two attached hydrogens (primary N) is 1. The second-order valence-corrected chi connectivity index (χ2v) is 5.01. The van der Waals surface area contributed by atoms with Crippen LogP contribution in [-0.4, -0.2) is 11.5 Å². The normalized spacial score (nSPS) is 9.83. The van der Waals surface area contributed by atoms with Crippen molar-refractivity contribution in [2.45, 2.75) is 6.42 Å². The lowest BCUT2D eigenvalue weighted by molar-refractivity contribution is 0.549. The maximum atomic E-state index is 8.69. The van der Waals surface area contributed by atoms with E-state index < -0.39 is 0 Å². The number of aromatic nitrogens is 1. The first kappa shape index (κ1) is 17.5. The molecule has 24 heavy (non-hydrogen) atoms. The lowest BCUT2D eigenvalue weighted by Crippen LogP contribution is -2.31. The molecule has 0 aliphatic carbocycles. The van der Waals surface area contributed by atoms with Gasteiger partial charge in [-0.25, -0.2) is 5.84 Å². The van der Waals surface area contributed by atoms with Crippen molar-refractivity contribution in [2.24, 2.45) is 5.84 Å². The van der Waals surface area contributed by atoms with Crippen LogP contribution >= 0.6 is 12.4 Å². The van der Waals surface area contributed by atoms with E-state index in [9.17, 15) is 0 Å². The summed E-state index contributed by atoms with van der Waals surface area (Å²) in [5, 5.41) is 10.1. The third-order valence-electron chi connectivity index (χ3n) is 3.41. The maximum Gasteiger partial charge on any atom is 0.313 e. The molecular formula is C18H17ClN4O. The molecule has 3 aromatic rings. The molecule has 122 valence electrons. The molecule has 2 N–H and O–H groups in total. The van der Waals surface area contributed by atoms with Crippen LogP contribution in [0.25, 0.3) is 22.6 Å². The van der Waals surface area contributed by atoms with Gasteiger partial charge in [0.15, 0.2) is 5.76 Å². The topological polar surface area (TPSA) is 79.1 Å². The first-order chi connectivity index (χ1) is 11.3. The van der Waals surface area contributed by atoms with Gasteiger partial charge in [-0.05, 0) is 0 Å². The smallest absolute Gasteiger partial charge is 0.313 e. The highest BCUT2D eigenvalue weighted by molar-refractivity contribution is 5.85. The fourth-order valence-corrected chi connectivity index (χ4v) is 2.27. The van der Waals surface area contributed by atoms with Gasteiger partial charge < -0.3 is 4.42 Å². The number of anilines is 1. The molecular weight excluding hydrogens is 324 g/mol. The Morgan fingerprint density at radius 2 is 1.58 bits per heavy atom. The Balaban J connectivity index is 0.00000208. The summed E-state index contributed by atoms with van der Waals surface area (Å²) < 4.78 is 5.89. The van der Waals surface area contributed by atoms with E-state index in [-0.39, 0.29) is 12.4 Å². The summed E-state index contributed by atoms with van der Waals surface area (Å²) in [7, 11) is 0. The average Bonchev–Trinajstić information content (AvgIpc) is 3.06. The number of rotatable bonds is 5. The molecule has 5 nitrogen and oxygen atoms in total. The minimum absolute atomic E-state index is 0. The molecule has 1 heterocycles. The summed E-state index contributed by atoms with van der Waals surface area (Å²) in [5.41, 5.74) is 2.62. The van der Waals surface area contributed by atoms with Crippen molar-refractivity contribution in [3.8, 4) is 28.7 Å². The van der Waals surface area contributed by atoms with E-state index >= 15 is 0 Å². The number of hydrogen-bond donors (Lipinski definition) is 1. The van der Waals surface area contributed by atoms with Gasteiger partial charge in [-0.1, -0.05) is 60.7 Å². The van der Waals surface area contributed by atoms with E-state index in [4.69, 9.17) is 15.5 Å². The molecule has 0 fully saturated rings. The number of nitrogens with zero attached hydrogens (tertiary/aromatic N) is 3. The highest BCUT2D eigenvalue weighted by Crippen LogP contribution is 2.34. The highest BCUT2D eigenvalue weighted by Gasteiger charge is 2.19. The Hall–Kier alpha value is -2.81. The summed E-state index contributed by atoms with van der Waals surface area (Å²) in [6.07, 6.45) is 0.306. The molecule has 3 rings (SSSR count).